The summed E-state index contributed by atoms with van der Waals surface area (Å²) < 4.78 is 25.5. The van der Waals surface area contributed by atoms with Gasteiger partial charge in [0.05, 0.1) is 22.4 Å². The van der Waals surface area contributed by atoms with Gasteiger partial charge in [0.2, 0.25) is 5.91 Å². The molecule has 0 saturated carbocycles. The van der Waals surface area contributed by atoms with Gasteiger partial charge in [0.1, 0.15) is 18.1 Å². The molecule has 0 atom stereocenters. The summed E-state index contributed by atoms with van der Waals surface area (Å²) in [5.74, 6) is -0.155. The minimum Gasteiger partial charge on any atom is -0.343 e. The first kappa shape index (κ1) is 21.6. The van der Waals surface area contributed by atoms with Crippen LogP contribution in [0.5, 0.6) is 0 Å². The molecular weight excluding hydrogens is 424 g/mol. The van der Waals surface area contributed by atoms with E-state index in [1.807, 2.05) is 84.7 Å². The van der Waals surface area contributed by atoms with Crippen LogP contribution in [0.1, 0.15) is 5.82 Å². The van der Waals surface area contributed by atoms with Crippen LogP contribution in [0.3, 0.4) is 0 Å². The smallest absolute Gasteiger partial charge is 0.244 e. The summed E-state index contributed by atoms with van der Waals surface area (Å²) in [7, 11) is -1.37. The molecule has 0 aliphatic heterocycles. The van der Waals surface area contributed by atoms with Crippen molar-refractivity contribution < 1.29 is 13.2 Å². The Morgan fingerprint density at radius 1 is 0.969 bits per heavy atom. The van der Waals surface area contributed by atoms with E-state index in [2.05, 4.69) is 10.3 Å². The van der Waals surface area contributed by atoms with Gasteiger partial charge in [0.25, 0.3) is 0 Å². The van der Waals surface area contributed by atoms with Crippen molar-refractivity contribution in [1.29, 1.82) is 0 Å². The SMILES string of the molecule is CN(c1ccccc1)c1ccccc1NC(=O)Cn1c(CS(C)(=O)=O)nc2ccccc21. The van der Waals surface area contributed by atoms with Crippen molar-refractivity contribution in [2.24, 2.45) is 0 Å². The van der Waals surface area contributed by atoms with Crippen LogP contribution >= 0.6 is 0 Å². The highest BCUT2D eigenvalue weighted by molar-refractivity contribution is 7.89. The normalized spacial score (nSPS) is 11.4. The maximum Gasteiger partial charge on any atom is 0.244 e. The van der Waals surface area contributed by atoms with Gasteiger partial charge in [-0.2, -0.15) is 0 Å². The number of amides is 1. The molecule has 0 unspecified atom stereocenters. The molecule has 3 aromatic carbocycles. The predicted molar refractivity (Wildman–Crippen MR) is 128 cm³/mol. The number of hydrogen-bond acceptors (Lipinski definition) is 5. The second-order valence-corrected chi connectivity index (χ2v) is 9.77. The molecule has 32 heavy (non-hydrogen) atoms. The zero-order valence-electron chi connectivity index (χ0n) is 17.9. The molecule has 0 spiro atoms. The Hall–Kier alpha value is -3.65. The third-order valence-corrected chi connectivity index (χ3v) is 5.89. The van der Waals surface area contributed by atoms with Crippen LogP contribution in [0.15, 0.2) is 78.9 Å². The Kier molecular flexibility index (Phi) is 5.96. The topological polar surface area (TPSA) is 84.3 Å². The van der Waals surface area contributed by atoms with Crippen molar-refractivity contribution in [3.63, 3.8) is 0 Å². The van der Waals surface area contributed by atoms with E-state index >= 15 is 0 Å². The van der Waals surface area contributed by atoms with Gasteiger partial charge in [0.15, 0.2) is 9.84 Å². The van der Waals surface area contributed by atoms with Crippen molar-refractivity contribution >= 4 is 43.8 Å². The second kappa shape index (κ2) is 8.84. The van der Waals surface area contributed by atoms with Crippen molar-refractivity contribution in [3.8, 4) is 0 Å². The number of aromatic nitrogens is 2. The molecule has 0 aliphatic rings. The summed E-state index contributed by atoms with van der Waals surface area (Å²) in [4.78, 5) is 19.5. The van der Waals surface area contributed by atoms with Gasteiger partial charge < -0.3 is 14.8 Å². The molecule has 1 amide bonds. The molecule has 7 nitrogen and oxygen atoms in total. The maximum atomic E-state index is 13.0. The number of sulfone groups is 1. The number of nitrogens with zero attached hydrogens (tertiary/aromatic N) is 3. The third-order valence-electron chi connectivity index (χ3n) is 5.11. The van der Waals surface area contributed by atoms with E-state index in [-0.39, 0.29) is 18.2 Å². The number of rotatable bonds is 7. The molecule has 4 rings (SSSR count). The fraction of sp³-hybridized carbons (Fsp3) is 0.167. The lowest BCUT2D eigenvalue weighted by Gasteiger charge is -2.23. The number of imidazole rings is 1. The van der Waals surface area contributed by atoms with Crippen LogP contribution < -0.4 is 10.2 Å². The van der Waals surface area contributed by atoms with E-state index in [1.165, 1.54) is 0 Å². The summed E-state index contributed by atoms with van der Waals surface area (Å²) in [5, 5.41) is 2.98. The summed E-state index contributed by atoms with van der Waals surface area (Å²) in [6.07, 6.45) is 1.16. The van der Waals surface area contributed by atoms with Crippen molar-refractivity contribution in [3.05, 3.63) is 84.7 Å². The average molecular weight is 449 g/mol. The van der Waals surface area contributed by atoms with E-state index < -0.39 is 9.84 Å². The summed E-state index contributed by atoms with van der Waals surface area (Å²) in [6, 6.07) is 24.7. The Labute approximate surface area is 187 Å². The Morgan fingerprint density at radius 3 is 2.38 bits per heavy atom. The number of carbonyl (C=O) groups excluding carboxylic acids is 1. The molecule has 0 fully saturated rings. The van der Waals surface area contributed by atoms with Gasteiger partial charge >= 0.3 is 0 Å². The van der Waals surface area contributed by atoms with Gasteiger partial charge in [-0.3, -0.25) is 4.79 Å². The highest BCUT2D eigenvalue weighted by Gasteiger charge is 2.18. The lowest BCUT2D eigenvalue weighted by molar-refractivity contribution is -0.116. The lowest BCUT2D eigenvalue weighted by Crippen LogP contribution is -2.22. The van der Waals surface area contributed by atoms with Gasteiger partial charge in [-0.1, -0.05) is 42.5 Å². The monoisotopic (exact) mass is 448 g/mol. The molecule has 1 heterocycles. The first-order valence-electron chi connectivity index (χ1n) is 10.1. The molecule has 0 bridgehead atoms. The highest BCUT2D eigenvalue weighted by atomic mass is 32.2. The summed E-state index contributed by atoms with van der Waals surface area (Å²) >= 11 is 0. The molecule has 4 aromatic rings. The van der Waals surface area contributed by atoms with Crippen LogP contribution in [0.4, 0.5) is 17.1 Å². The van der Waals surface area contributed by atoms with Crippen molar-refractivity contribution in [1.82, 2.24) is 9.55 Å². The minimum absolute atomic E-state index is 0.0469. The molecule has 8 heteroatoms. The number of carbonyl (C=O) groups is 1. The molecule has 0 aliphatic carbocycles. The average Bonchev–Trinajstić information content (AvgIpc) is 3.09. The number of benzene rings is 3. The Balaban J connectivity index is 1.62. The fourth-order valence-corrected chi connectivity index (χ4v) is 4.33. The molecule has 1 aromatic heterocycles. The lowest BCUT2D eigenvalue weighted by atomic mass is 10.2. The van der Waals surface area contributed by atoms with Crippen LogP contribution in [0, 0.1) is 0 Å². The van der Waals surface area contributed by atoms with E-state index in [1.54, 1.807) is 10.6 Å². The number of para-hydroxylation sites is 5. The number of anilines is 3. The summed E-state index contributed by atoms with van der Waals surface area (Å²) in [6.45, 7) is -0.0469. The molecule has 0 radical (unpaired) electrons. The van der Waals surface area contributed by atoms with Crippen LogP contribution in [0.25, 0.3) is 11.0 Å². The number of hydrogen-bond donors (Lipinski definition) is 1. The van der Waals surface area contributed by atoms with Gasteiger partial charge in [-0.15, -0.1) is 0 Å². The largest absolute Gasteiger partial charge is 0.343 e. The standard InChI is InChI=1S/C24H24N4O3S/c1-27(18-10-4-3-5-11-18)21-14-8-6-12-19(21)26-24(29)16-28-22-15-9-7-13-20(22)25-23(28)17-32(2,30)31/h3-15H,16-17H2,1-2H3,(H,26,29). The van der Waals surface area contributed by atoms with Crippen LogP contribution in [-0.2, 0) is 26.9 Å². The minimum atomic E-state index is -3.31. The van der Waals surface area contributed by atoms with Crippen molar-refractivity contribution in [2.75, 3.05) is 23.5 Å². The van der Waals surface area contributed by atoms with Gasteiger partial charge in [-0.05, 0) is 36.4 Å². The fourth-order valence-electron chi connectivity index (χ4n) is 3.64. The van der Waals surface area contributed by atoms with Gasteiger partial charge in [0, 0.05) is 19.0 Å². The quantitative estimate of drug-likeness (QED) is 0.462. The highest BCUT2D eigenvalue weighted by Crippen LogP contribution is 2.30. The first-order valence-corrected chi connectivity index (χ1v) is 12.2. The zero-order chi connectivity index (χ0) is 22.7. The second-order valence-electron chi connectivity index (χ2n) is 7.63. The van der Waals surface area contributed by atoms with Gasteiger partial charge in [-0.25, -0.2) is 13.4 Å². The zero-order valence-corrected chi connectivity index (χ0v) is 18.7. The van der Waals surface area contributed by atoms with Crippen LogP contribution in [-0.4, -0.2) is 37.2 Å². The Morgan fingerprint density at radius 2 is 1.62 bits per heavy atom. The van der Waals surface area contributed by atoms with E-state index in [0.717, 1.165) is 23.1 Å². The molecular formula is C24H24N4O3S. The summed E-state index contributed by atoms with van der Waals surface area (Å²) in [5.41, 5.74) is 3.88. The van der Waals surface area contributed by atoms with E-state index in [9.17, 15) is 13.2 Å². The predicted octanol–water partition coefficient (Wildman–Crippen LogP) is 3.99. The molecule has 164 valence electrons. The van der Waals surface area contributed by atoms with E-state index in [4.69, 9.17) is 0 Å². The van der Waals surface area contributed by atoms with Crippen LogP contribution in [0.2, 0.25) is 0 Å². The maximum absolute atomic E-state index is 13.0. The Bertz CT molecular complexity index is 1360. The van der Waals surface area contributed by atoms with Crippen molar-refractivity contribution in [2.45, 2.75) is 12.3 Å². The van der Waals surface area contributed by atoms with E-state index in [0.29, 0.717) is 17.0 Å². The third kappa shape index (κ3) is 4.81. The number of nitrogens with one attached hydrogen (secondary N) is 1. The number of fused-ring (bicyclic) bond motifs is 1. The first-order chi connectivity index (χ1) is 15.3. The molecule has 0 saturated heterocycles. The molecule has 1 N–H and O–H groups in total.